The van der Waals surface area contributed by atoms with Crippen LogP contribution in [0.5, 0.6) is 0 Å². The number of carbonyl (C=O) groups excluding carboxylic acids is 2. The normalized spacial score (nSPS) is 20.6. The van der Waals surface area contributed by atoms with Crippen LogP contribution >= 0.6 is 0 Å². The zero-order chi connectivity index (χ0) is 23.3. The van der Waals surface area contributed by atoms with Crippen molar-refractivity contribution in [2.24, 2.45) is 0 Å². The number of hydrogen-bond donors (Lipinski definition) is 0. The number of amides is 3. The van der Waals surface area contributed by atoms with E-state index in [1.165, 1.54) is 16.7 Å². The molecule has 1 aromatic heterocycles. The number of benzene rings is 2. The largest absolute Gasteiger partial charge is 0.327 e. The standard InChI is InChI=1S/C28H30N4O2/c1-2-31-27(34)32(24-17-21-6-3-4-7-22(21)18-24)26(33)28(31)11-14-30(15-12-28)19-20-9-10-25-23(16-20)8-5-13-29-25/h3-10,13,16,24H,2,11-12,14-15,17-19H2,1H3. The number of nitrogens with zero attached hydrogens (tertiary/aromatic N) is 4. The molecule has 2 saturated heterocycles. The van der Waals surface area contributed by atoms with Gasteiger partial charge >= 0.3 is 6.03 Å². The smallest absolute Gasteiger partial charge is 0.310 e. The molecule has 3 aliphatic rings. The van der Waals surface area contributed by atoms with E-state index in [1.54, 1.807) is 4.90 Å². The second-order valence-corrected chi connectivity index (χ2v) is 9.87. The fourth-order valence-corrected chi connectivity index (χ4v) is 6.26. The summed E-state index contributed by atoms with van der Waals surface area (Å²) in [6.45, 7) is 5.02. The lowest BCUT2D eigenvalue weighted by Crippen LogP contribution is -2.56. The van der Waals surface area contributed by atoms with Crippen LogP contribution < -0.4 is 0 Å². The van der Waals surface area contributed by atoms with Gasteiger partial charge < -0.3 is 4.90 Å². The molecule has 6 heteroatoms. The van der Waals surface area contributed by atoms with E-state index in [4.69, 9.17) is 0 Å². The summed E-state index contributed by atoms with van der Waals surface area (Å²) in [5, 5.41) is 1.15. The van der Waals surface area contributed by atoms with Gasteiger partial charge in [0.15, 0.2) is 0 Å². The Hall–Kier alpha value is -3.25. The van der Waals surface area contributed by atoms with E-state index in [2.05, 4.69) is 46.3 Å². The summed E-state index contributed by atoms with van der Waals surface area (Å²) in [7, 11) is 0. The molecule has 0 saturated carbocycles. The molecule has 0 bridgehead atoms. The molecular formula is C28H30N4O2. The van der Waals surface area contributed by atoms with Crippen molar-refractivity contribution in [1.82, 2.24) is 19.7 Å². The van der Waals surface area contributed by atoms with Crippen molar-refractivity contribution in [2.45, 2.75) is 50.7 Å². The van der Waals surface area contributed by atoms with Crippen LogP contribution in [0.2, 0.25) is 0 Å². The highest BCUT2D eigenvalue weighted by atomic mass is 16.2. The molecule has 0 N–H and O–H groups in total. The van der Waals surface area contributed by atoms with Gasteiger partial charge in [-0.05, 0) is 67.5 Å². The van der Waals surface area contributed by atoms with Crippen LogP contribution in [0.25, 0.3) is 10.9 Å². The van der Waals surface area contributed by atoms with Crippen molar-refractivity contribution in [3.8, 4) is 0 Å². The monoisotopic (exact) mass is 454 g/mol. The second kappa shape index (κ2) is 8.20. The van der Waals surface area contributed by atoms with Crippen molar-refractivity contribution >= 4 is 22.8 Å². The van der Waals surface area contributed by atoms with Gasteiger partial charge in [-0.2, -0.15) is 0 Å². The molecule has 34 heavy (non-hydrogen) atoms. The minimum atomic E-state index is -0.690. The molecular weight excluding hydrogens is 424 g/mol. The van der Waals surface area contributed by atoms with E-state index in [9.17, 15) is 9.59 Å². The van der Waals surface area contributed by atoms with Crippen molar-refractivity contribution in [3.63, 3.8) is 0 Å². The summed E-state index contributed by atoms with van der Waals surface area (Å²) < 4.78 is 0. The lowest BCUT2D eigenvalue weighted by Gasteiger charge is -2.42. The quantitative estimate of drug-likeness (QED) is 0.559. The van der Waals surface area contributed by atoms with E-state index >= 15 is 0 Å². The Morgan fingerprint density at radius 2 is 1.71 bits per heavy atom. The second-order valence-electron chi connectivity index (χ2n) is 9.87. The summed E-state index contributed by atoms with van der Waals surface area (Å²) in [4.78, 5) is 37.6. The Kier molecular flexibility index (Phi) is 5.14. The maximum Gasteiger partial charge on any atom is 0.327 e. The predicted molar refractivity (Wildman–Crippen MR) is 131 cm³/mol. The van der Waals surface area contributed by atoms with Crippen LogP contribution in [0, 0.1) is 0 Å². The van der Waals surface area contributed by atoms with Gasteiger partial charge in [0, 0.05) is 43.8 Å². The first-order chi connectivity index (χ1) is 16.6. The highest BCUT2D eigenvalue weighted by molar-refractivity contribution is 6.07. The zero-order valence-corrected chi connectivity index (χ0v) is 19.6. The molecule has 3 amide bonds. The van der Waals surface area contributed by atoms with Crippen LogP contribution in [0.3, 0.4) is 0 Å². The minimum absolute atomic E-state index is 0.0218. The molecule has 2 aliphatic heterocycles. The Bertz CT molecular complexity index is 1240. The molecule has 1 aliphatic carbocycles. The minimum Gasteiger partial charge on any atom is -0.310 e. The Morgan fingerprint density at radius 3 is 2.41 bits per heavy atom. The summed E-state index contributed by atoms with van der Waals surface area (Å²) in [6, 6.07) is 18.6. The number of urea groups is 1. The maximum atomic E-state index is 13.8. The number of hydrogen-bond acceptors (Lipinski definition) is 4. The number of imide groups is 1. The highest BCUT2D eigenvalue weighted by Crippen LogP contribution is 2.40. The Balaban J connectivity index is 1.18. The van der Waals surface area contributed by atoms with Gasteiger partial charge in [0.1, 0.15) is 5.54 Å². The van der Waals surface area contributed by atoms with Crippen LogP contribution in [-0.2, 0) is 24.2 Å². The molecule has 0 radical (unpaired) electrons. The van der Waals surface area contributed by atoms with Crippen molar-refractivity contribution in [2.75, 3.05) is 19.6 Å². The van der Waals surface area contributed by atoms with Crippen LogP contribution in [0.4, 0.5) is 4.79 Å². The van der Waals surface area contributed by atoms with Crippen molar-refractivity contribution < 1.29 is 9.59 Å². The van der Waals surface area contributed by atoms with Gasteiger partial charge in [0.25, 0.3) is 5.91 Å². The molecule has 3 aromatic rings. The van der Waals surface area contributed by atoms with E-state index < -0.39 is 5.54 Å². The first-order valence-electron chi connectivity index (χ1n) is 12.4. The lowest BCUT2D eigenvalue weighted by molar-refractivity contribution is -0.137. The van der Waals surface area contributed by atoms with Crippen molar-refractivity contribution in [1.29, 1.82) is 0 Å². The fraction of sp³-hybridized carbons (Fsp3) is 0.393. The van der Waals surface area contributed by atoms with Crippen LogP contribution in [0.1, 0.15) is 36.5 Å². The molecule has 0 atom stereocenters. The summed E-state index contributed by atoms with van der Waals surface area (Å²) in [6.07, 6.45) is 4.74. The van der Waals surface area contributed by atoms with E-state index in [-0.39, 0.29) is 18.0 Å². The molecule has 174 valence electrons. The molecule has 6 nitrogen and oxygen atoms in total. The van der Waals surface area contributed by atoms with Gasteiger partial charge in [0.05, 0.1) is 5.52 Å². The first kappa shape index (κ1) is 21.3. The SMILES string of the molecule is CCN1C(=O)N(C2Cc3ccccc3C2)C(=O)C12CCN(Cc1ccc3ncccc3c1)CC2. The molecule has 3 heterocycles. The summed E-state index contributed by atoms with van der Waals surface area (Å²) in [5.74, 6) is 0.0218. The molecule has 6 rings (SSSR count). The highest BCUT2D eigenvalue weighted by Gasteiger charge is 2.59. The molecule has 2 fully saturated rings. The molecule has 1 spiro atoms. The Labute approximate surface area is 200 Å². The number of piperidine rings is 1. The van der Waals surface area contributed by atoms with Crippen LogP contribution in [0.15, 0.2) is 60.8 Å². The predicted octanol–water partition coefficient (Wildman–Crippen LogP) is 4.02. The summed E-state index contributed by atoms with van der Waals surface area (Å²) >= 11 is 0. The van der Waals surface area contributed by atoms with E-state index in [0.29, 0.717) is 19.4 Å². The number of pyridine rings is 1. The van der Waals surface area contributed by atoms with Gasteiger partial charge in [-0.15, -0.1) is 0 Å². The number of likely N-dealkylation sites (tertiary alicyclic amines) is 1. The van der Waals surface area contributed by atoms with Crippen LogP contribution in [-0.4, -0.2) is 62.8 Å². The zero-order valence-electron chi connectivity index (χ0n) is 19.6. The van der Waals surface area contributed by atoms with E-state index in [0.717, 1.165) is 43.4 Å². The van der Waals surface area contributed by atoms with Gasteiger partial charge in [-0.25, -0.2) is 4.79 Å². The number of rotatable bonds is 4. The fourth-order valence-electron chi connectivity index (χ4n) is 6.26. The number of aromatic nitrogens is 1. The van der Waals surface area contributed by atoms with E-state index in [1.807, 2.05) is 36.2 Å². The van der Waals surface area contributed by atoms with Crippen molar-refractivity contribution in [3.05, 3.63) is 77.5 Å². The summed E-state index contributed by atoms with van der Waals surface area (Å²) in [5.41, 5.74) is 4.09. The molecule has 2 aromatic carbocycles. The Morgan fingerprint density at radius 1 is 0.971 bits per heavy atom. The number of likely N-dealkylation sites (N-methyl/N-ethyl adjacent to an activating group) is 1. The topological polar surface area (TPSA) is 56.8 Å². The van der Waals surface area contributed by atoms with Gasteiger partial charge in [-0.1, -0.05) is 36.4 Å². The third-order valence-corrected chi connectivity index (χ3v) is 8.04. The van der Waals surface area contributed by atoms with Gasteiger partial charge in [0.2, 0.25) is 0 Å². The maximum absolute atomic E-state index is 13.8. The van der Waals surface area contributed by atoms with Gasteiger partial charge in [-0.3, -0.25) is 19.6 Å². The number of carbonyl (C=O) groups is 2. The average molecular weight is 455 g/mol. The first-order valence-corrected chi connectivity index (χ1v) is 12.4. The lowest BCUT2D eigenvalue weighted by atomic mass is 9.85. The number of fused-ring (bicyclic) bond motifs is 2. The average Bonchev–Trinajstić information content (AvgIpc) is 3.37. The third kappa shape index (κ3) is 3.31. The molecule has 0 unspecified atom stereocenters. The third-order valence-electron chi connectivity index (χ3n) is 8.04.